The van der Waals surface area contributed by atoms with Crippen LogP contribution in [0.5, 0.6) is 0 Å². The minimum atomic E-state index is -3.03. The second kappa shape index (κ2) is 7.07. The molecule has 1 saturated heterocycles. The number of anilines is 2. The Morgan fingerprint density at radius 1 is 0.931 bits per heavy atom. The van der Waals surface area contributed by atoms with Crippen LogP contribution in [0.2, 0.25) is 5.02 Å². The minimum absolute atomic E-state index is 0.0571. The average Bonchev–Trinajstić information content (AvgIpc) is 2.72. The number of nitrogens with zero attached hydrogens (tertiary/aromatic N) is 6. The van der Waals surface area contributed by atoms with Crippen LogP contribution in [0, 0.1) is 0 Å². The Balaban J connectivity index is 1.31. The second-order valence-corrected chi connectivity index (χ2v) is 9.97. The average molecular weight is 431 g/mol. The van der Waals surface area contributed by atoms with E-state index in [4.69, 9.17) is 16.6 Å². The van der Waals surface area contributed by atoms with Crippen molar-refractivity contribution < 1.29 is 8.42 Å². The van der Waals surface area contributed by atoms with E-state index in [0.717, 1.165) is 60.1 Å². The highest BCUT2D eigenvalue weighted by molar-refractivity contribution is 7.90. The van der Waals surface area contributed by atoms with Crippen molar-refractivity contribution >= 4 is 44.1 Å². The number of aromatic nitrogens is 4. The maximum atomic E-state index is 11.9. The monoisotopic (exact) mass is 430 g/mol. The minimum Gasteiger partial charge on any atom is -0.352 e. The summed E-state index contributed by atoms with van der Waals surface area (Å²) in [4.78, 5) is 13.5. The smallest absolute Gasteiger partial charge is 0.154 e. The van der Waals surface area contributed by atoms with Gasteiger partial charge in [-0.3, -0.25) is 4.98 Å². The van der Waals surface area contributed by atoms with E-state index in [1.165, 1.54) is 0 Å². The SMILES string of the molecule is O=S1(=O)CCc2nnc(N3CCN(c4cnc5cc(Cl)ccc5n4)CC3)cc2C1. The van der Waals surface area contributed by atoms with Crippen molar-refractivity contribution in [2.45, 2.75) is 12.2 Å². The number of hydrogen-bond donors (Lipinski definition) is 0. The van der Waals surface area contributed by atoms with Crippen LogP contribution in [0.4, 0.5) is 11.6 Å². The van der Waals surface area contributed by atoms with Gasteiger partial charge in [-0.15, -0.1) is 5.10 Å². The van der Waals surface area contributed by atoms with E-state index in [9.17, 15) is 8.42 Å². The van der Waals surface area contributed by atoms with Crippen molar-refractivity contribution in [3.05, 3.63) is 46.7 Å². The molecule has 29 heavy (non-hydrogen) atoms. The summed E-state index contributed by atoms with van der Waals surface area (Å²) < 4.78 is 23.8. The Morgan fingerprint density at radius 3 is 2.48 bits per heavy atom. The van der Waals surface area contributed by atoms with Crippen LogP contribution in [0.25, 0.3) is 11.0 Å². The lowest BCUT2D eigenvalue weighted by atomic mass is 10.2. The van der Waals surface area contributed by atoms with E-state index >= 15 is 0 Å². The van der Waals surface area contributed by atoms with Gasteiger partial charge in [-0.2, -0.15) is 5.10 Å². The van der Waals surface area contributed by atoms with Crippen LogP contribution in [0.1, 0.15) is 11.3 Å². The zero-order valence-corrected chi connectivity index (χ0v) is 17.2. The lowest BCUT2D eigenvalue weighted by molar-refractivity contribution is 0.589. The van der Waals surface area contributed by atoms with Crippen LogP contribution in [0.15, 0.2) is 30.5 Å². The number of rotatable bonds is 2. The van der Waals surface area contributed by atoms with Gasteiger partial charge in [0.15, 0.2) is 15.7 Å². The van der Waals surface area contributed by atoms with Crippen LogP contribution in [-0.2, 0) is 22.0 Å². The van der Waals surface area contributed by atoms with Gasteiger partial charge in [0.25, 0.3) is 0 Å². The first-order valence-electron chi connectivity index (χ1n) is 9.45. The van der Waals surface area contributed by atoms with Gasteiger partial charge in [-0.05, 0) is 29.8 Å². The Bertz CT molecular complexity index is 1190. The molecule has 2 aliphatic heterocycles. The zero-order valence-electron chi connectivity index (χ0n) is 15.6. The predicted octanol–water partition coefficient (Wildman–Crippen LogP) is 1.87. The van der Waals surface area contributed by atoms with Gasteiger partial charge in [-0.1, -0.05) is 11.6 Å². The molecule has 5 rings (SSSR count). The summed E-state index contributed by atoms with van der Waals surface area (Å²) in [7, 11) is -3.03. The predicted molar refractivity (Wildman–Crippen MR) is 112 cm³/mol. The molecule has 2 aliphatic rings. The molecule has 0 unspecified atom stereocenters. The lowest BCUT2D eigenvalue weighted by Crippen LogP contribution is -2.47. The third-order valence-corrected chi connectivity index (χ3v) is 7.20. The van der Waals surface area contributed by atoms with Crippen LogP contribution in [-0.4, -0.2) is 60.5 Å². The summed E-state index contributed by atoms with van der Waals surface area (Å²) in [6.45, 7) is 3.04. The number of hydrogen-bond acceptors (Lipinski definition) is 8. The van der Waals surface area contributed by atoms with Crippen LogP contribution in [0.3, 0.4) is 0 Å². The number of aryl methyl sites for hydroxylation is 1. The fourth-order valence-electron chi connectivity index (χ4n) is 3.79. The molecule has 0 bridgehead atoms. The Kier molecular flexibility index (Phi) is 4.51. The van der Waals surface area contributed by atoms with Crippen molar-refractivity contribution in [3.8, 4) is 0 Å². The van der Waals surface area contributed by atoms with E-state index in [0.29, 0.717) is 11.4 Å². The molecule has 0 aliphatic carbocycles. The normalized spacial score (nSPS) is 18.7. The van der Waals surface area contributed by atoms with E-state index in [-0.39, 0.29) is 11.5 Å². The Hall–Kier alpha value is -2.52. The molecule has 0 radical (unpaired) electrons. The van der Waals surface area contributed by atoms with Gasteiger partial charge in [0.05, 0.1) is 34.4 Å². The molecule has 1 aromatic carbocycles. The molecule has 0 atom stereocenters. The first-order valence-corrected chi connectivity index (χ1v) is 11.6. The summed E-state index contributed by atoms with van der Waals surface area (Å²) in [6, 6.07) is 7.38. The van der Waals surface area contributed by atoms with Crippen molar-refractivity contribution in [2.24, 2.45) is 0 Å². The topological polar surface area (TPSA) is 92.2 Å². The van der Waals surface area contributed by atoms with Crippen molar-refractivity contribution in [1.82, 2.24) is 20.2 Å². The maximum Gasteiger partial charge on any atom is 0.154 e. The summed E-state index contributed by atoms with van der Waals surface area (Å²) in [5.74, 6) is 1.79. The highest BCUT2D eigenvalue weighted by Crippen LogP contribution is 2.24. The van der Waals surface area contributed by atoms with Gasteiger partial charge in [-0.25, -0.2) is 13.4 Å². The van der Waals surface area contributed by atoms with E-state index < -0.39 is 9.84 Å². The standard InChI is InChI=1S/C19H19ClN6O2S/c20-14-1-2-16-17(10-14)21-11-19(22-16)26-6-4-25(5-7-26)18-9-13-12-29(27,28)8-3-15(13)23-24-18/h1-2,9-11H,3-8,12H2. The number of sulfone groups is 1. The third kappa shape index (κ3) is 3.72. The zero-order chi connectivity index (χ0) is 20.0. The molecule has 1 fully saturated rings. The van der Waals surface area contributed by atoms with Crippen molar-refractivity contribution in [1.29, 1.82) is 0 Å². The summed E-state index contributed by atoms with van der Waals surface area (Å²) in [5.41, 5.74) is 3.17. The molecular formula is C19H19ClN6O2S. The molecule has 150 valence electrons. The Morgan fingerprint density at radius 2 is 1.69 bits per heavy atom. The molecular weight excluding hydrogens is 412 g/mol. The van der Waals surface area contributed by atoms with Gasteiger partial charge in [0.1, 0.15) is 5.82 Å². The van der Waals surface area contributed by atoms with E-state index in [1.807, 2.05) is 18.2 Å². The van der Waals surface area contributed by atoms with Gasteiger partial charge >= 0.3 is 0 Å². The maximum absolute atomic E-state index is 11.9. The molecule has 0 spiro atoms. The van der Waals surface area contributed by atoms with Gasteiger partial charge < -0.3 is 9.80 Å². The van der Waals surface area contributed by atoms with Crippen LogP contribution < -0.4 is 9.80 Å². The molecule has 0 saturated carbocycles. The quantitative estimate of drug-likeness (QED) is 0.608. The van der Waals surface area contributed by atoms with Gasteiger partial charge in [0.2, 0.25) is 0 Å². The molecule has 0 N–H and O–H groups in total. The first kappa shape index (κ1) is 18.5. The van der Waals surface area contributed by atoms with Crippen molar-refractivity contribution in [3.63, 3.8) is 0 Å². The summed E-state index contributed by atoms with van der Waals surface area (Å²) in [5, 5.41) is 9.25. The second-order valence-electron chi connectivity index (χ2n) is 7.35. The largest absolute Gasteiger partial charge is 0.352 e. The number of benzene rings is 1. The van der Waals surface area contributed by atoms with E-state index in [2.05, 4.69) is 25.0 Å². The van der Waals surface area contributed by atoms with Gasteiger partial charge in [0, 0.05) is 37.6 Å². The molecule has 4 heterocycles. The van der Waals surface area contributed by atoms with E-state index in [1.54, 1.807) is 12.3 Å². The number of fused-ring (bicyclic) bond motifs is 2. The number of piperazine rings is 1. The van der Waals surface area contributed by atoms with Crippen molar-refractivity contribution in [2.75, 3.05) is 41.7 Å². The molecule has 3 aromatic rings. The fraction of sp³-hybridized carbons (Fsp3) is 0.368. The Labute approximate surface area is 173 Å². The number of halogens is 1. The summed E-state index contributed by atoms with van der Waals surface area (Å²) in [6.07, 6.45) is 2.22. The van der Waals surface area contributed by atoms with Crippen LogP contribution >= 0.6 is 11.6 Å². The highest BCUT2D eigenvalue weighted by Gasteiger charge is 2.25. The molecule has 2 aromatic heterocycles. The first-order chi connectivity index (χ1) is 14.0. The molecule has 0 amide bonds. The highest BCUT2D eigenvalue weighted by atomic mass is 35.5. The third-order valence-electron chi connectivity index (χ3n) is 5.39. The molecule has 10 heteroatoms. The summed E-state index contributed by atoms with van der Waals surface area (Å²) >= 11 is 6.01. The molecule has 8 nitrogen and oxygen atoms in total. The lowest BCUT2D eigenvalue weighted by Gasteiger charge is -2.36. The fourth-order valence-corrected chi connectivity index (χ4v) is 5.33.